The number of rotatable bonds is 2. The van der Waals surface area contributed by atoms with Crippen LogP contribution in [0.15, 0.2) is 12.1 Å². The predicted molar refractivity (Wildman–Crippen MR) is 51.5 cm³/mol. The van der Waals surface area contributed by atoms with Crippen molar-refractivity contribution in [2.75, 3.05) is 6.61 Å². The summed E-state index contributed by atoms with van der Waals surface area (Å²) < 4.78 is 42.1. The van der Waals surface area contributed by atoms with Crippen molar-refractivity contribution in [3.8, 4) is 0 Å². The Kier molecular flexibility index (Phi) is 3.68. The number of esters is 1. The highest BCUT2D eigenvalue weighted by atomic mass is 19.4. The summed E-state index contributed by atoms with van der Waals surface area (Å²) in [6.45, 7) is 8.03. The Morgan fingerprint density at radius 3 is 2.65 bits per heavy atom. The first-order valence-electron chi connectivity index (χ1n) is 4.53. The third-order valence-electron chi connectivity index (χ3n) is 1.77. The topological polar surface area (TPSA) is 43.5 Å². The Bertz CT molecular complexity index is 477. The number of alkyl halides is 3. The van der Waals surface area contributed by atoms with Gasteiger partial charge in [0.25, 0.3) is 11.5 Å². The van der Waals surface area contributed by atoms with Crippen molar-refractivity contribution in [2.45, 2.75) is 13.1 Å². The third kappa shape index (κ3) is 2.93. The molecule has 0 saturated heterocycles. The fourth-order valence-corrected chi connectivity index (χ4v) is 1.09. The van der Waals surface area contributed by atoms with Gasteiger partial charge < -0.3 is 9.58 Å². The highest BCUT2D eigenvalue weighted by Gasteiger charge is 2.38. The lowest BCUT2D eigenvalue weighted by Crippen LogP contribution is -2.16. The zero-order valence-electron chi connectivity index (χ0n) is 8.71. The van der Waals surface area contributed by atoms with Crippen molar-refractivity contribution >= 4 is 11.8 Å². The van der Waals surface area contributed by atoms with E-state index in [0.717, 1.165) is 6.07 Å². The first kappa shape index (κ1) is 13.0. The average Bonchev–Trinajstić information content (AvgIpc) is 2.27. The van der Waals surface area contributed by atoms with Crippen LogP contribution >= 0.6 is 0 Å². The molecule has 7 heteroatoms. The van der Waals surface area contributed by atoms with Gasteiger partial charge in [0.1, 0.15) is 5.56 Å². The second-order valence-electron chi connectivity index (χ2n) is 2.90. The van der Waals surface area contributed by atoms with Crippen LogP contribution in [0.25, 0.3) is 4.85 Å². The first-order chi connectivity index (χ1) is 7.90. The number of carbonyl (C=O) groups is 1. The quantitative estimate of drug-likeness (QED) is 0.593. The molecule has 1 aromatic rings. The minimum absolute atomic E-state index is 0.0694. The predicted octanol–water partition coefficient (Wildman–Crippen LogP) is 2.83. The molecule has 0 saturated carbocycles. The second kappa shape index (κ2) is 4.82. The van der Waals surface area contributed by atoms with Crippen molar-refractivity contribution in [1.29, 1.82) is 0 Å². The Balaban J connectivity index is 3.32. The highest BCUT2D eigenvalue weighted by Crippen LogP contribution is 2.32. The minimum atomic E-state index is -4.71. The third-order valence-corrected chi connectivity index (χ3v) is 1.77. The van der Waals surface area contributed by atoms with E-state index in [4.69, 9.17) is 6.57 Å². The van der Waals surface area contributed by atoms with E-state index in [2.05, 4.69) is 14.6 Å². The lowest BCUT2D eigenvalue weighted by atomic mass is 10.2. The number of aromatic nitrogens is 1. The van der Waals surface area contributed by atoms with Gasteiger partial charge in [0, 0.05) is 0 Å². The van der Waals surface area contributed by atoms with Gasteiger partial charge in [0.15, 0.2) is 0 Å². The molecule has 0 radical (unpaired) electrons. The van der Waals surface area contributed by atoms with Crippen molar-refractivity contribution < 1.29 is 22.7 Å². The lowest BCUT2D eigenvalue weighted by Gasteiger charge is -2.08. The van der Waals surface area contributed by atoms with Gasteiger partial charge in [-0.25, -0.2) is 4.79 Å². The van der Waals surface area contributed by atoms with Gasteiger partial charge in [0.05, 0.1) is 6.61 Å². The van der Waals surface area contributed by atoms with E-state index in [1.165, 1.54) is 6.92 Å². The van der Waals surface area contributed by atoms with Crippen LogP contribution in [0.2, 0.25) is 0 Å². The molecule has 1 aromatic heterocycles. The van der Waals surface area contributed by atoms with Gasteiger partial charge in [-0.15, -0.1) is 4.98 Å². The Morgan fingerprint density at radius 2 is 2.18 bits per heavy atom. The molecule has 0 bridgehead atoms. The number of hydrogen-bond donors (Lipinski definition) is 0. The van der Waals surface area contributed by atoms with Crippen LogP contribution in [-0.2, 0) is 10.9 Å². The Labute approximate surface area is 94.8 Å². The molecule has 0 aliphatic rings. The van der Waals surface area contributed by atoms with Gasteiger partial charge in [-0.05, 0) is 13.0 Å². The summed E-state index contributed by atoms with van der Waals surface area (Å²) in [6.07, 6.45) is -4.71. The number of nitrogens with zero attached hydrogens (tertiary/aromatic N) is 2. The van der Waals surface area contributed by atoms with Crippen LogP contribution in [-0.4, -0.2) is 17.6 Å². The molecule has 0 spiro atoms. The van der Waals surface area contributed by atoms with Crippen molar-refractivity contribution in [2.24, 2.45) is 0 Å². The van der Waals surface area contributed by atoms with Crippen LogP contribution in [0.5, 0.6) is 0 Å². The van der Waals surface area contributed by atoms with Gasteiger partial charge in [-0.3, -0.25) is 0 Å². The molecular weight excluding hydrogens is 237 g/mol. The van der Waals surface area contributed by atoms with Gasteiger partial charge in [0.2, 0.25) is 0 Å². The standard InChI is InChI=1S/C10H7F3N2O2/c1-3-17-9(16)8-6(10(11,12)13)4-5-7(14-2)15-8/h4-5H,3H2,1H3. The molecular formula is C10H7F3N2O2. The van der Waals surface area contributed by atoms with Crippen molar-refractivity contribution in [1.82, 2.24) is 4.98 Å². The summed E-state index contributed by atoms with van der Waals surface area (Å²) in [7, 11) is 0. The van der Waals surface area contributed by atoms with Crippen LogP contribution < -0.4 is 0 Å². The summed E-state index contributed by atoms with van der Waals surface area (Å²) in [6, 6.07) is 1.55. The molecule has 1 heterocycles. The van der Waals surface area contributed by atoms with E-state index in [9.17, 15) is 18.0 Å². The summed E-state index contributed by atoms with van der Waals surface area (Å²) in [5, 5.41) is 0. The number of carbonyl (C=O) groups excluding carboxylic acids is 1. The molecule has 17 heavy (non-hydrogen) atoms. The van der Waals surface area contributed by atoms with Gasteiger partial charge in [-0.1, -0.05) is 12.6 Å². The average molecular weight is 244 g/mol. The molecule has 0 unspecified atom stereocenters. The Hall–Kier alpha value is -2.10. The maximum absolute atomic E-state index is 12.6. The highest BCUT2D eigenvalue weighted by molar-refractivity contribution is 5.89. The molecule has 90 valence electrons. The molecule has 0 fully saturated rings. The number of pyridine rings is 1. The minimum Gasteiger partial charge on any atom is -0.460 e. The molecule has 0 atom stereocenters. The summed E-state index contributed by atoms with van der Waals surface area (Å²) in [5.74, 6) is -1.48. The largest absolute Gasteiger partial charge is 0.460 e. The van der Waals surface area contributed by atoms with Gasteiger partial charge >= 0.3 is 12.1 Å². The fraction of sp³-hybridized carbons (Fsp3) is 0.300. The zero-order chi connectivity index (χ0) is 13.1. The molecule has 0 amide bonds. The Morgan fingerprint density at radius 1 is 1.53 bits per heavy atom. The van der Waals surface area contributed by atoms with E-state index in [0.29, 0.717) is 6.07 Å². The SMILES string of the molecule is [C-]#[N+]c1ccc(C(F)(F)F)c(C(=O)OCC)n1. The number of ether oxygens (including phenoxy) is 1. The van der Waals surface area contributed by atoms with E-state index < -0.39 is 23.4 Å². The molecule has 0 N–H and O–H groups in total. The number of halogens is 3. The van der Waals surface area contributed by atoms with Crippen molar-refractivity contribution in [3.05, 3.63) is 34.8 Å². The van der Waals surface area contributed by atoms with Crippen LogP contribution in [0.3, 0.4) is 0 Å². The van der Waals surface area contributed by atoms with Crippen molar-refractivity contribution in [3.63, 3.8) is 0 Å². The van der Waals surface area contributed by atoms with E-state index >= 15 is 0 Å². The normalized spacial score (nSPS) is 10.8. The monoisotopic (exact) mass is 244 g/mol. The van der Waals surface area contributed by atoms with E-state index in [1.807, 2.05) is 0 Å². The summed E-state index contributed by atoms with van der Waals surface area (Å²) in [4.78, 5) is 17.5. The fourth-order valence-electron chi connectivity index (χ4n) is 1.09. The first-order valence-corrected chi connectivity index (χ1v) is 4.53. The maximum atomic E-state index is 12.6. The molecule has 1 rings (SSSR count). The van der Waals surface area contributed by atoms with E-state index in [-0.39, 0.29) is 12.4 Å². The molecule has 0 aromatic carbocycles. The maximum Gasteiger partial charge on any atom is 0.420 e. The lowest BCUT2D eigenvalue weighted by molar-refractivity contribution is -0.138. The van der Waals surface area contributed by atoms with E-state index in [1.54, 1.807) is 0 Å². The molecule has 0 aliphatic heterocycles. The second-order valence-corrected chi connectivity index (χ2v) is 2.90. The smallest absolute Gasteiger partial charge is 0.420 e. The van der Waals surface area contributed by atoms with Crippen LogP contribution in [0.4, 0.5) is 19.0 Å². The summed E-state index contributed by atoms with van der Waals surface area (Å²) in [5.41, 5.74) is -2.09. The van der Waals surface area contributed by atoms with Gasteiger partial charge in [-0.2, -0.15) is 13.2 Å². The number of hydrogen-bond acceptors (Lipinski definition) is 3. The van der Waals surface area contributed by atoms with Crippen LogP contribution in [0, 0.1) is 6.57 Å². The van der Waals surface area contributed by atoms with Crippen LogP contribution in [0.1, 0.15) is 23.0 Å². The molecule has 0 aliphatic carbocycles. The summed E-state index contributed by atoms with van der Waals surface area (Å²) >= 11 is 0. The zero-order valence-corrected chi connectivity index (χ0v) is 8.71. The molecule has 4 nitrogen and oxygen atoms in total.